The smallest absolute Gasteiger partial charge is 0.299 e. The lowest BCUT2D eigenvalue weighted by Crippen LogP contribution is -2.34. The van der Waals surface area contributed by atoms with Crippen molar-refractivity contribution in [3.8, 4) is 0 Å². The van der Waals surface area contributed by atoms with Crippen LogP contribution in [-0.2, 0) is 4.79 Å². The third kappa shape index (κ3) is 1.18. The number of ketones is 1. The summed E-state index contributed by atoms with van der Waals surface area (Å²) in [5.41, 5.74) is -2.07. The summed E-state index contributed by atoms with van der Waals surface area (Å²) in [5, 5.41) is 0. The highest BCUT2D eigenvalue weighted by molar-refractivity contribution is 9.09. The molecule has 0 aromatic heterocycles. The number of halogens is 4. The molecule has 1 aliphatic carbocycles. The van der Waals surface area contributed by atoms with Gasteiger partial charge in [-0.1, -0.05) is 22.9 Å². The van der Waals surface area contributed by atoms with Gasteiger partial charge in [-0.05, 0) is 6.42 Å². The average Bonchev–Trinajstić information content (AvgIpc) is 2.60. The van der Waals surface area contributed by atoms with E-state index in [-0.39, 0.29) is 12.8 Å². The Kier molecular flexibility index (Phi) is 2.27. The first-order valence-corrected chi connectivity index (χ1v) is 4.52. The molecule has 0 aromatic carbocycles. The van der Waals surface area contributed by atoms with E-state index in [1.807, 2.05) is 0 Å². The number of carbonyl (C=O) groups is 1. The molecule has 0 radical (unpaired) electrons. The van der Waals surface area contributed by atoms with Crippen molar-refractivity contribution in [1.82, 2.24) is 0 Å². The quantitative estimate of drug-likeness (QED) is 0.683. The topological polar surface area (TPSA) is 17.1 Å². The maximum atomic E-state index is 12.3. The molecular formula is C7H8BrF3O. The van der Waals surface area contributed by atoms with Gasteiger partial charge in [-0.3, -0.25) is 4.79 Å². The van der Waals surface area contributed by atoms with E-state index in [9.17, 15) is 18.0 Å². The largest absolute Gasteiger partial charge is 0.402 e. The van der Waals surface area contributed by atoms with E-state index in [2.05, 4.69) is 15.9 Å². The third-order valence-electron chi connectivity index (χ3n) is 2.20. The maximum Gasteiger partial charge on any atom is 0.402 e. The second-order valence-corrected chi connectivity index (χ2v) is 4.02. The second kappa shape index (κ2) is 2.72. The molecule has 2 atom stereocenters. The van der Waals surface area contributed by atoms with Crippen LogP contribution in [0.2, 0.25) is 0 Å². The van der Waals surface area contributed by atoms with Crippen LogP contribution in [0.5, 0.6) is 0 Å². The van der Waals surface area contributed by atoms with Crippen LogP contribution >= 0.6 is 15.9 Å². The van der Waals surface area contributed by atoms with E-state index in [0.717, 1.165) is 0 Å². The molecule has 0 spiro atoms. The Morgan fingerprint density at radius 1 is 1.67 bits per heavy atom. The summed E-state index contributed by atoms with van der Waals surface area (Å²) in [6.45, 7) is 1.45. The fourth-order valence-electron chi connectivity index (χ4n) is 1.28. The first-order valence-electron chi connectivity index (χ1n) is 3.60. The molecule has 0 saturated heterocycles. The van der Waals surface area contributed by atoms with Crippen LogP contribution in [0.15, 0.2) is 0 Å². The van der Waals surface area contributed by atoms with Crippen molar-refractivity contribution in [3.05, 3.63) is 0 Å². The lowest BCUT2D eigenvalue weighted by Gasteiger charge is -2.17. The molecule has 0 N–H and O–H groups in total. The summed E-state index contributed by atoms with van der Waals surface area (Å²) in [7, 11) is 0. The highest BCUT2D eigenvalue weighted by Crippen LogP contribution is 2.62. The van der Waals surface area contributed by atoms with Crippen molar-refractivity contribution in [1.29, 1.82) is 0 Å². The van der Waals surface area contributed by atoms with Gasteiger partial charge in [0.2, 0.25) is 0 Å². The van der Waals surface area contributed by atoms with Gasteiger partial charge in [-0.2, -0.15) is 13.2 Å². The third-order valence-corrected chi connectivity index (χ3v) is 3.31. The van der Waals surface area contributed by atoms with E-state index in [0.29, 0.717) is 0 Å². The number of hydrogen-bond donors (Lipinski definition) is 0. The Balaban J connectivity index is 2.87. The normalized spacial score (nSPS) is 34.9. The van der Waals surface area contributed by atoms with Crippen molar-refractivity contribution >= 4 is 21.7 Å². The zero-order valence-corrected chi connectivity index (χ0v) is 8.00. The number of rotatable bonds is 2. The van der Waals surface area contributed by atoms with Gasteiger partial charge < -0.3 is 0 Å². The van der Waals surface area contributed by atoms with Gasteiger partial charge >= 0.3 is 6.18 Å². The maximum absolute atomic E-state index is 12.3. The van der Waals surface area contributed by atoms with Crippen molar-refractivity contribution in [2.24, 2.45) is 5.41 Å². The lowest BCUT2D eigenvalue weighted by molar-refractivity contribution is -0.190. The van der Waals surface area contributed by atoms with Crippen molar-refractivity contribution in [3.63, 3.8) is 0 Å². The monoisotopic (exact) mass is 244 g/mol. The van der Waals surface area contributed by atoms with E-state index in [4.69, 9.17) is 0 Å². The molecule has 1 fully saturated rings. The minimum Gasteiger partial charge on any atom is -0.299 e. The van der Waals surface area contributed by atoms with Gasteiger partial charge in [0.05, 0.1) is 0 Å². The first-order chi connectivity index (χ1) is 5.36. The van der Waals surface area contributed by atoms with Crippen LogP contribution in [0.1, 0.15) is 19.8 Å². The molecule has 0 bridgehead atoms. The predicted octanol–water partition coefficient (Wildman–Crippen LogP) is 2.68. The van der Waals surface area contributed by atoms with Crippen LogP contribution in [0.3, 0.4) is 0 Å². The molecule has 5 heteroatoms. The number of hydrogen-bond acceptors (Lipinski definition) is 1. The standard InChI is InChI=1S/C7H8BrF3O/c1-2-5(12)6(3-4(6)8)7(9,10)11/h4H,2-3H2,1H3. The summed E-state index contributed by atoms with van der Waals surface area (Å²) in [6, 6.07) is 0. The Bertz CT molecular complexity index is 213. The molecule has 2 unspecified atom stereocenters. The molecule has 0 amide bonds. The van der Waals surface area contributed by atoms with Gasteiger partial charge in [-0.25, -0.2) is 0 Å². The van der Waals surface area contributed by atoms with Gasteiger partial charge in [0.15, 0.2) is 0 Å². The summed E-state index contributed by atoms with van der Waals surface area (Å²) in [4.78, 5) is 10.3. The molecule has 70 valence electrons. The lowest BCUT2D eigenvalue weighted by atomic mass is 9.99. The first kappa shape index (κ1) is 10.0. The number of carbonyl (C=O) groups excluding carboxylic acids is 1. The van der Waals surface area contributed by atoms with E-state index >= 15 is 0 Å². The van der Waals surface area contributed by atoms with Gasteiger partial charge in [-0.15, -0.1) is 0 Å². The Labute approximate surface area is 76.4 Å². The van der Waals surface area contributed by atoms with E-state index in [1.54, 1.807) is 0 Å². The molecule has 1 nitrogen and oxygen atoms in total. The van der Waals surface area contributed by atoms with Crippen molar-refractivity contribution in [2.75, 3.05) is 0 Å². The van der Waals surface area contributed by atoms with Crippen molar-refractivity contribution in [2.45, 2.75) is 30.8 Å². The Morgan fingerprint density at radius 2 is 2.08 bits per heavy atom. The average molecular weight is 245 g/mol. The van der Waals surface area contributed by atoms with Crippen LogP contribution in [-0.4, -0.2) is 16.8 Å². The minimum absolute atomic E-state index is 0.0540. The molecule has 0 aliphatic heterocycles. The van der Waals surface area contributed by atoms with Gasteiger partial charge in [0.1, 0.15) is 11.2 Å². The zero-order valence-electron chi connectivity index (χ0n) is 6.41. The van der Waals surface area contributed by atoms with Gasteiger partial charge in [0, 0.05) is 11.2 Å². The van der Waals surface area contributed by atoms with Gasteiger partial charge in [0.25, 0.3) is 0 Å². The summed E-state index contributed by atoms with van der Waals surface area (Å²) in [5.74, 6) is -0.711. The molecular weight excluding hydrogens is 237 g/mol. The zero-order chi connectivity index (χ0) is 9.57. The SMILES string of the molecule is CCC(=O)C1(C(F)(F)F)CC1Br. The molecule has 0 heterocycles. The summed E-state index contributed by atoms with van der Waals surface area (Å²) >= 11 is 2.84. The highest BCUT2D eigenvalue weighted by Gasteiger charge is 2.73. The Hall–Kier alpha value is -0.0600. The van der Waals surface area contributed by atoms with Crippen LogP contribution < -0.4 is 0 Å². The molecule has 0 aromatic rings. The fourth-order valence-corrected chi connectivity index (χ4v) is 2.30. The summed E-state index contributed by atoms with van der Waals surface area (Å²) < 4.78 is 37.0. The van der Waals surface area contributed by atoms with Crippen molar-refractivity contribution < 1.29 is 18.0 Å². The van der Waals surface area contributed by atoms with Crippen LogP contribution in [0.25, 0.3) is 0 Å². The van der Waals surface area contributed by atoms with E-state index < -0.39 is 22.2 Å². The molecule has 1 saturated carbocycles. The van der Waals surface area contributed by atoms with Crippen LogP contribution in [0, 0.1) is 5.41 Å². The molecule has 12 heavy (non-hydrogen) atoms. The Morgan fingerprint density at radius 3 is 2.17 bits per heavy atom. The highest BCUT2D eigenvalue weighted by atomic mass is 79.9. The summed E-state index contributed by atoms with van der Waals surface area (Å²) in [6.07, 6.45) is -4.56. The molecule has 1 rings (SSSR count). The van der Waals surface area contributed by atoms with E-state index in [1.165, 1.54) is 6.92 Å². The van der Waals surface area contributed by atoms with Crippen LogP contribution in [0.4, 0.5) is 13.2 Å². The fraction of sp³-hybridized carbons (Fsp3) is 0.857. The second-order valence-electron chi connectivity index (χ2n) is 2.92. The minimum atomic E-state index is -4.39. The number of Topliss-reactive ketones (excluding diaryl/α,β-unsaturated/α-hetero) is 1. The number of alkyl halides is 4. The predicted molar refractivity (Wildman–Crippen MR) is 41.1 cm³/mol. The molecule has 1 aliphatic rings.